The third kappa shape index (κ3) is 2.23. The monoisotopic (exact) mass is 310 g/mol. The van der Waals surface area contributed by atoms with Gasteiger partial charge in [0.15, 0.2) is 0 Å². The van der Waals surface area contributed by atoms with Gasteiger partial charge in [0, 0.05) is 54.6 Å². The van der Waals surface area contributed by atoms with Crippen LogP contribution in [0.5, 0.6) is 0 Å². The van der Waals surface area contributed by atoms with Crippen LogP contribution in [0.2, 0.25) is 0 Å². The third-order valence-corrected chi connectivity index (χ3v) is 4.15. The van der Waals surface area contributed by atoms with Gasteiger partial charge in [-0.2, -0.15) is 0 Å². The number of morpholine rings is 1. The van der Waals surface area contributed by atoms with E-state index in [0.717, 1.165) is 19.8 Å². The second-order valence-electron chi connectivity index (χ2n) is 4.61. The second-order valence-corrected chi connectivity index (χ2v) is 5.97. The molecular formula is C10H19IN2O. The molecule has 0 spiro atoms. The van der Waals surface area contributed by atoms with Crippen LogP contribution in [-0.2, 0) is 4.74 Å². The topological polar surface area (TPSA) is 15.7 Å². The fourth-order valence-electron chi connectivity index (χ4n) is 2.41. The normalized spacial score (nSPS) is 36.0. The van der Waals surface area contributed by atoms with Gasteiger partial charge >= 0.3 is 0 Å². The number of hydrogen-bond acceptors (Lipinski definition) is 3. The molecule has 2 saturated heterocycles. The van der Waals surface area contributed by atoms with E-state index in [2.05, 4.69) is 44.7 Å². The van der Waals surface area contributed by atoms with Gasteiger partial charge in [-0.25, -0.2) is 3.11 Å². The highest BCUT2D eigenvalue weighted by molar-refractivity contribution is 14.1. The zero-order valence-corrected chi connectivity index (χ0v) is 11.1. The summed E-state index contributed by atoms with van der Waals surface area (Å²) in [5, 5.41) is 0. The maximum Gasteiger partial charge on any atom is 0.0635 e. The average Bonchev–Trinajstić information content (AvgIpc) is 2.16. The van der Waals surface area contributed by atoms with Crippen LogP contribution in [0.1, 0.15) is 13.8 Å². The molecule has 14 heavy (non-hydrogen) atoms. The Hall–Kier alpha value is 0.610. The molecule has 2 aliphatic rings. The highest BCUT2D eigenvalue weighted by Gasteiger charge is 2.36. The molecule has 2 rings (SSSR count). The van der Waals surface area contributed by atoms with Crippen molar-refractivity contribution < 1.29 is 4.74 Å². The molecule has 2 heterocycles. The van der Waals surface area contributed by atoms with Crippen molar-refractivity contribution in [3.8, 4) is 0 Å². The first-order chi connectivity index (χ1) is 6.68. The van der Waals surface area contributed by atoms with Crippen LogP contribution in [-0.4, -0.2) is 52.9 Å². The summed E-state index contributed by atoms with van der Waals surface area (Å²) in [6.45, 7) is 10.0. The maximum absolute atomic E-state index is 5.69. The van der Waals surface area contributed by atoms with Crippen LogP contribution in [0.15, 0.2) is 0 Å². The maximum atomic E-state index is 5.69. The van der Waals surface area contributed by atoms with E-state index in [9.17, 15) is 0 Å². The Morgan fingerprint density at radius 1 is 1.29 bits per heavy atom. The molecule has 0 aliphatic carbocycles. The van der Waals surface area contributed by atoms with Crippen molar-refractivity contribution in [1.82, 2.24) is 8.01 Å². The number of nitrogens with zero attached hydrogens (tertiary/aromatic N) is 2. The Morgan fingerprint density at radius 3 is 2.79 bits per heavy atom. The Kier molecular flexibility index (Phi) is 3.68. The van der Waals surface area contributed by atoms with E-state index in [4.69, 9.17) is 4.74 Å². The van der Waals surface area contributed by atoms with E-state index >= 15 is 0 Å². The molecule has 4 heteroatoms. The zero-order valence-electron chi connectivity index (χ0n) is 8.95. The van der Waals surface area contributed by atoms with Gasteiger partial charge < -0.3 is 4.74 Å². The van der Waals surface area contributed by atoms with Crippen molar-refractivity contribution >= 4 is 22.9 Å². The Labute approximate surface area is 100 Å². The number of piperazine rings is 1. The summed E-state index contributed by atoms with van der Waals surface area (Å²) < 4.78 is 8.07. The molecule has 0 amide bonds. The molecule has 0 N–H and O–H groups in total. The molecule has 0 aromatic carbocycles. The van der Waals surface area contributed by atoms with E-state index in [1.165, 1.54) is 13.1 Å². The van der Waals surface area contributed by atoms with Crippen LogP contribution < -0.4 is 0 Å². The van der Waals surface area contributed by atoms with Crippen LogP contribution >= 0.6 is 22.9 Å². The molecule has 0 aromatic heterocycles. The highest BCUT2D eigenvalue weighted by atomic mass is 127. The predicted octanol–water partition coefficient (Wildman–Crippen LogP) is 1.38. The van der Waals surface area contributed by atoms with Gasteiger partial charge in [0.2, 0.25) is 0 Å². The van der Waals surface area contributed by atoms with Crippen molar-refractivity contribution in [2.75, 3.05) is 32.8 Å². The third-order valence-electron chi connectivity index (χ3n) is 3.27. The van der Waals surface area contributed by atoms with Crippen LogP contribution in [0.25, 0.3) is 0 Å². The summed E-state index contributed by atoms with van der Waals surface area (Å²) in [5.41, 5.74) is 0. The molecule has 0 saturated carbocycles. The zero-order chi connectivity index (χ0) is 10.1. The van der Waals surface area contributed by atoms with Gasteiger partial charge in [0.25, 0.3) is 0 Å². The van der Waals surface area contributed by atoms with E-state index in [-0.39, 0.29) is 0 Å². The molecule has 0 radical (unpaired) electrons. The molecule has 0 bridgehead atoms. The van der Waals surface area contributed by atoms with Crippen LogP contribution in [0.3, 0.4) is 0 Å². The standard InChI is InChI=1S/C10H19IN2O/c1-8(2)10-7-14-6-9-5-12(11)3-4-13(9)10/h8-10H,3-7H2,1-2H3. The van der Waals surface area contributed by atoms with Crippen molar-refractivity contribution in [2.45, 2.75) is 25.9 Å². The Morgan fingerprint density at radius 2 is 2.07 bits per heavy atom. The number of hydrogen-bond donors (Lipinski definition) is 0. The van der Waals surface area contributed by atoms with Gasteiger partial charge in [-0.3, -0.25) is 4.90 Å². The molecule has 2 unspecified atom stereocenters. The number of rotatable bonds is 1. The minimum Gasteiger partial charge on any atom is -0.378 e. The van der Waals surface area contributed by atoms with E-state index < -0.39 is 0 Å². The molecule has 2 aliphatic heterocycles. The number of ether oxygens (including phenoxy) is 1. The van der Waals surface area contributed by atoms with Gasteiger partial charge in [0.05, 0.1) is 13.2 Å². The molecule has 3 nitrogen and oxygen atoms in total. The molecular weight excluding hydrogens is 291 g/mol. The van der Waals surface area contributed by atoms with Crippen LogP contribution in [0.4, 0.5) is 0 Å². The van der Waals surface area contributed by atoms with E-state index in [1.54, 1.807) is 0 Å². The second kappa shape index (κ2) is 4.63. The lowest BCUT2D eigenvalue weighted by Gasteiger charge is -2.48. The van der Waals surface area contributed by atoms with Crippen molar-refractivity contribution in [3.63, 3.8) is 0 Å². The largest absolute Gasteiger partial charge is 0.378 e. The fraction of sp³-hybridized carbons (Fsp3) is 1.00. The van der Waals surface area contributed by atoms with E-state index in [0.29, 0.717) is 18.0 Å². The minimum absolute atomic E-state index is 0.627. The molecule has 0 aromatic rings. The Bertz CT molecular complexity index is 201. The van der Waals surface area contributed by atoms with Gasteiger partial charge in [-0.05, 0) is 5.92 Å². The predicted molar refractivity (Wildman–Crippen MR) is 65.5 cm³/mol. The van der Waals surface area contributed by atoms with Crippen molar-refractivity contribution in [3.05, 3.63) is 0 Å². The number of halogens is 1. The quantitative estimate of drug-likeness (QED) is 0.537. The average molecular weight is 310 g/mol. The summed E-state index contributed by atoms with van der Waals surface area (Å²) >= 11 is 2.42. The SMILES string of the molecule is CC(C)C1COCC2CN(I)CCN21. The van der Waals surface area contributed by atoms with E-state index in [1.807, 2.05) is 0 Å². The number of fused-ring (bicyclic) bond motifs is 1. The first-order valence-electron chi connectivity index (χ1n) is 5.42. The summed E-state index contributed by atoms with van der Waals surface area (Å²) in [6, 6.07) is 1.26. The summed E-state index contributed by atoms with van der Waals surface area (Å²) in [6.07, 6.45) is 0. The van der Waals surface area contributed by atoms with Crippen LogP contribution in [0, 0.1) is 5.92 Å². The lowest BCUT2D eigenvalue weighted by atomic mass is 9.98. The van der Waals surface area contributed by atoms with Gasteiger partial charge in [-0.1, -0.05) is 13.8 Å². The van der Waals surface area contributed by atoms with Gasteiger partial charge in [-0.15, -0.1) is 0 Å². The summed E-state index contributed by atoms with van der Waals surface area (Å²) in [5.74, 6) is 0.707. The minimum atomic E-state index is 0.627. The molecule has 82 valence electrons. The lowest BCUT2D eigenvalue weighted by Crippen LogP contribution is -2.61. The highest BCUT2D eigenvalue weighted by Crippen LogP contribution is 2.24. The fourth-order valence-corrected chi connectivity index (χ4v) is 3.08. The molecule has 2 atom stereocenters. The first kappa shape index (κ1) is 11.1. The molecule has 2 fully saturated rings. The van der Waals surface area contributed by atoms with Crippen molar-refractivity contribution in [2.24, 2.45) is 5.92 Å². The lowest BCUT2D eigenvalue weighted by molar-refractivity contribution is -0.0797. The first-order valence-corrected chi connectivity index (χ1v) is 6.39. The smallest absolute Gasteiger partial charge is 0.0635 e. The summed E-state index contributed by atoms with van der Waals surface area (Å²) in [7, 11) is 0. The Balaban J connectivity index is 2.02. The summed E-state index contributed by atoms with van der Waals surface area (Å²) in [4.78, 5) is 2.66. The van der Waals surface area contributed by atoms with Gasteiger partial charge in [0.1, 0.15) is 0 Å². The van der Waals surface area contributed by atoms with Crippen molar-refractivity contribution in [1.29, 1.82) is 0 Å².